The summed E-state index contributed by atoms with van der Waals surface area (Å²) < 4.78 is 4.04. The van der Waals surface area contributed by atoms with E-state index in [2.05, 4.69) is 35.8 Å². The van der Waals surface area contributed by atoms with Gasteiger partial charge in [0.15, 0.2) is 0 Å². The first-order valence-corrected chi connectivity index (χ1v) is 10.3. The molecule has 0 bridgehead atoms. The number of hydrogen-bond acceptors (Lipinski definition) is 2. The lowest BCUT2D eigenvalue weighted by Gasteiger charge is -2.18. The molecule has 0 spiro atoms. The summed E-state index contributed by atoms with van der Waals surface area (Å²) in [6.45, 7) is 3.12. The number of amides is 1. The smallest absolute Gasteiger partial charge is 0.227 e. The minimum atomic E-state index is 0.0569. The Morgan fingerprint density at radius 2 is 1.73 bits per heavy atom. The third-order valence-corrected chi connectivity index (χ3v) is 5.88. The SMILES string of the molecule is Cc1ccc(-n2nc3c(c2-n2cccc2)CN(C(=O)Cc2ccccc2Cl)C3)cc1. The van der Waals surface area contributed by atoms with Crippen LogP contribution in [0.3, 0.4) is 0 Å². The highest BCUT2D eigenvalue weighted by Crippen LogP contribution is 2.31. The second kappa shape index (κ2) is 7.50. The molecule has 0 saturated carbocycles. The van der Waals surface area contributed by atoms with E-state index < -0.39 is 0 Å². The highest BCUT2D eigenvalue weighted by atomic mass is 35.5. The van der Waals surface area contributed by atoms with Crippen LogP contribution in [0, 0.1) is 6.92 Å². The number of nitrogens with zero attached hydrogens (tertiary/aromatic N) is 4. The minimum absolute atomic E-state index is 0.0569. The standard InChI is InChI=1S/C24H21ClN4O/c1-17-8-10-19(11-9-17)29-24(27-12-4-5-13-27)20-15-28(16-22(20)26-29)23(30)14-18-6-2-3-7-21(18)25/h2-13H,14-16H2,1H3. The lowest BCUT2D eigenvalue weighted by atomic mass is 10.1. The molecule has 0 fully saturated rings. The van der Waals surface area contributed by atoms with Gasteiger partial charge in [-0.3, -0.25) is 4.79 Å². The van der Waals surface area contributed by atoms with Crippen LogP contribution >= 0.6 is 11.6 Å². The fourth-order valence-electron chi connectivity index (χ4n) is 3.90. The number of aromatic nitrogens is 3. The summed E-state index contributed by atoms with van der Waals surface area (Å²) in [6.07, 6.45) is 4.31. The second-order valence-corrected chi connectivity index (χ2v) is 8.01. The van der Waals surface area contributed by atoms with E-state index in [9.17, 15) is 4.79 Å². The van der Waals surface area contributed by atoms with Crippen molar-refractivity contribution in [3.05, 3.63) is 100 Å². The topological polar surface area (TPSA) is 43.1 Å². The van der Waals surface area contributed by atoms with Gasteiger partial charge in [0.05, 0.1) is 30.9 Å². The van der Waals surface area contributed by atoms with E-state index in [0.29, 0.717) is 24.5 Å². The van der Waals surface area contributed by atoms with Gasteiger partial charge < -0.3 is 9.47 Å². The maximum Gasteiger partial charge on any atom is 0.227 e. The molecule has 3 heterocycles. The van der Waals surface area contributed by atoms with Crippen LogP contribution in [0.2, 0.25) is 5.02 Å². The van der Waals surface area contributed by atoms with Gasteiger partial charge in [0.1, 0.15) is 5.82 Å². The van der Waals surface area contributed by atoms with Crippen LogP contribution in [-0.4, -0.2) is 25.2 Å². The van der Waals surface area contributed by atoms with E-state index in [-0.39, 0.29) is 5.91 Å². The minimum Gasteiger partial charge on any atom is -0.332 e. The first-order valence-electron chi connectivity index (χ1n) is 9.92. The number of aryl methyl sites for hydroxylation is 1. The molecule has 30 heavy (non-hydrogen) atoms. The van der Waals surface area contributed by atoms with Crippen LogP contribution in [0.4, 0.5) is 0 Å². The molecule has 0 saturated heterocycles. The maximum absolute atomic E-state index is 12.9. The zero-order valence-electron chi connectivity index (χ0n) is 16.6. The lowest BCUT2D eigenvalue weighted by molar-refractivity contribution is -0.131. The molecule has 0 radical (unpaired) electrons. The van der Waals surface area contributed by atoms with Gasteiger partial charge in [-0.2, -0.15) is 5.10 Å². The van der Waals surface area contributed by atoms with Crippen LogP contribution in [0.5, 0.6) is 0 Å². The first-order chi connectivity index (χ1) is 14.6. The van der Waals surface area contributed by atoms with Crippen molar-refractivity contribution in [1.29, 1.82) is 0 Å². The van der Waals surface area contributed by atoms with Gasteiger partial charge in [-0.05, 0) is 42.8 Å². The van der Waals surface area contributed by atoms with E-state index in [0.717, 1.165) is 28.3 Å². The first kappa shape index (κ1) is 18.7. The molecule has 1 aliphatic rings. The molecule has 4 aromatic rings. The van der Waals surface area contributed by atoms with Crippen molar-refractivity contribution in [2.75, 3.05) is 0 Å². The summed E-state index contributed by atoms with van der Waals surface area (Å²) in [4.78, 5) is 14.8. The summed E-state index contributed by atoms with van der Waals surface area (Å²) in [7, 11) is 0. The van der Waals surface area contributed by atoms with Crippen molar-refractivity contribution >= 4 is 17.5 Å². The summed E-state index contributed by atoms with van der Waals surface area (Å²) in [5.74, 6) is 1.04. The van der Waals surface area contributed by atoms with Crippen LogP contribution < -0.4 is 0 Å². The lowest BCUT2D eigenvalue weighted by Crippen LogP contribution is -2.28. The largest absolute Gasteiger partial charge is 0.332 e. The number of carbonyl (C=O) groups is 1. The van der Waals surface area contributed by atoms with Gasteiger partial charge >= 0.3 is 0 Å². The van der Waals surface area contributed by atoms with Gasteiger partial charge in [0.2, 0.25) is 5.91 Å². The molecule has 2 aromatic carbocycles. The van der Waals surface area contributed by atoms with Crippen molar-refractivity contribution in [3.63, 3.8) is 0 Å². The number of benzene rings is 2. The Morgan fingerprint density at radius 1 is 1.00 bits per heavy atom. The van der Waals surface area contributed by atoms with E-state index in [4.69, 9.17) is 16.7 Å². The third-order valence-electron chi connectivity index (χ3n) is 5.51. The predicted molar refractivity (Wildman–Crippen MR) is 117 cm³/mol. The monoisotopic (exact) mass is 416 g/mol. The second-order valence-electron chi connectivity index (χ2n) is 7.60. The van der Waals surface area contributed by atoms with Crippen LogP contribution in [0.1, 0.15) is 22.4 Å². The molecule has 5 nitrogen and oxygen atoms in total. The maximum atomic E-state index is 12.9. The summed E-state index contributed by atoms with van der Waals surface area (Å²) >= 11 is 6.25. The highest BCUT2D eigenvalue weighted by Gasteiger charge is 2.31. The third kappa shape index (κ3) is 3.31. The average molecular weight is 417 g/mol. The molecule has 5 rings (SSSR count). The molecule has 0 unspecified atom stereocenters. The normalized spacial score (nSPS) is 12.9. The number of hydrogen-bond donors (Lipinski definition) is 0. The molecule has 6 heteroatoms. The molecular formula is C24H21ClN4O. The average Bonchev–Trinajstić information content (AvgIpc) is 3.46. The van der Waals surface area contributed by atoms with Gasteiger partial charge in [0.25, 0.3) is 0 Å². The van der Waals surface area contributed by atoms with Crippen molar-refractivity contribution < 1.29 is 4.79 Å². The molecule has 0 aliphatic carbocycles. The van der Waals surface area contributed by atoms with Crippen LogP contribution in [0.25, 0.3) is 11.5 Å². The zero-order chi connectivity index (χ0) is 20.7. The number of carbonyl (C=O) groups excluding carboxylic acids is 1. The van der Waals surface area contributed by atoms with Crippen molar-refractivity contribution in [3.8, 4) is 11.5 Å². The molecular weight excluding hydrogens is 396 g/mol. The summed E-state index contributed by atoms with van der Waals surface area (Å²) in [6, 6.07) is 19.8. The van der Waals surface area contributed by atoms with E-state index in [1.54, 1.807) is 0 Å². The summed E-state index contributed by atoms with van der Waals surface area (Å²) in [5.41, 5.74) is 5.08. The van der Waals surface area contributed by atoms with E-state index >= 15 is 0 Å². The Morgan fingerprint density at radius 3 is 2.47 bits per heavy atom. The predicted octanol–water partition coefficient (Wildman–Crippen LogP) is 4.71. The Balaban J connectivity index is 1.47. The van der Waals surface area contributed by atoms with Gasteiger partial charge in [-0.15, -0.1) is 0 Å². The Hall–Kier alpha value is -3.31. The summed E-state index contributed by atoms with van der Waals surface area (Å²) in [5, 5.41) is 5.51. The number of rotatable bonds is 4. The number of fused-ring (bicyclic) bond motifs is 1. The fraction of sp³-hybridized carbons (Fsp3) is 0.167. The molecule has 0 atom stereocenters. The van der Waals surface area contributed by atoms with Gasteiger partial charge in [0, 0.05) is 23.0 Å². The van der Waals surface area contributed by atoms with Crippen molar-refractivity contribution in [1.82, 2.24) is 19.2 Å². The number of halogens is 1. The van der Waals surface area contributed by atoms with Gasteiger partial charge in [-0.1, -0.05) is 47.5 Å². The molecule has 1 aliphatic heterocycles. The molecule has 2 aromatic heterocycles. The van der Waals surface area contributed by atoms with E-state index in [1.165, 1.54) is 5.56 Å². The quantitative estimate of drug-likeness (QED) is 0.483. The Bertz CT molecular complexity index is 1210. The Kier molecular flexibility index (Phi) is 4.68. The fourth-order valence-corrected chi connectivity index (χ4v) is 4.10. The van der Waals surface area contributed by atoms with Crippen molar-refractivity contribution in [2.45, 2.75) is 26.4 Å². The highest BCUT2D eigenvalue weighted by molar-refractivity contribution is 6.31. The van der Waals surface area contributed by atoms with Crippen LogP contribution in [-0.2, 0) is 24.3 Å². The zero-order valence-corrected chi connectivity index (χ0v) is 17.4. The van der Waals surface area contributed by atoms with Gasteiger partial charge in [-0.25, -0.2) is 4.68 Å². The molecule has 0 N–H and O–H groups in total. The molecule has 150 valence electrons. The van der Waals surface area contributed by atoms with Crippen LogP contribution in [0.15, 0.2) is 73.1 Å². The van der Waals surface area contributed by atoms with E-state index in [1.807, 2.05) is 58.4 Å². The Labute approximate surface area is 180 Å². The molecule has 1 amide bonds. The van der Waals surface area contributed by atoms with Crippen molar-refractivity contribution in [2.24, 2.45) is 0 Å².